The molecule has 116 valence electrons. The van der Waals surface area contributed by atoms with Crippen molar-refractivity contribution in [3.05, 3.63) is 24.3 Å². The zero-order valence-corrected chi connectivity index (χ0v) is 13.4. The van der Waals surface area contributed by atoms with Gasteiger partial charge in [-0.05, 0) is 38.4 Å². The summed E-state index contributed by atoms with van der Waals surface area (Å²) in [7, 11) is 0.452. The molecule has 5 nitrogen and oxygen atoms in total. The molecule has 2 bridgehead atoms. The lowest BCUT2D eigenvalue weighted by Gasteiger charge is -2.26. The van der Waals surface area contributed by atoms with Gasteiger partial charge in [0.15, 0.2) is 0 Å². The number of rotatable bonds is 3. The van der Waals surface area contributed by atoms with E-state index in [1.54, 1.807) is 23.5 Å². The molecule has 0 radical (unpaired) electrons. The molecule has 2 unspecified atom stereocenters. The summed E-state index contributed by atoms with van der Waals surface area (Å²) in [6.07, 6.45) is 3.22. The first-order chi connectivity index (χ1) is 10.0. The molecule has 2 heterocycles. The van der Waals surface area contributed by atoms with Crippen LogP contribution in [-0.2, 0) is 10.0 Å². The second-order valence-corrected chi connectivity index (χ2v) is 7.85. The maximum atomic E-state index is 13.0. The largest absolute Gasteiger partial charge is 0.387 e. The van der Waals surface area contributed by atoms with Crippen LogP contribution in [-0.4, -0.2) is 56.9 Å². The van der Waals surface area contributed by atoms with E-state index in [1.165, 1.54) is 6.42 Å². The minimum Gasteiger partial charge on any atom is -0.387 e. The van der Waals surface area contributed by atoms with Gasteiger partial charge in [0.25, 0.3) is 0 Å². The fraction of sp³-hybridized carbons (Fsp3) is 0.600. The van der Waals surface area contributed by atoms with Gasteiger partial charge in [-0.3, -0.25) is 4.90 Å². The normalized spacial score (nSPS) is 27.5. The average molecular weight is 309 g/mol. The van der Waals surface area contributed by atoms with Crippen molar-refractivity contribution >= 4 is 15.7 Å². The molecule has 0 aliphatic carbocycles. The van der Waals surface area contributed by atoms with Crippen LogP contribution < -0.4 is 5.32 Å². The molecule has 3 rings (SSSR count). The van der Waals surface area contributed by atoms with Crippen LogP contribution >= 0.6 is 0 Å². The SMILES string of the molecule is CNc1ccccc1S(=O)(=O)N1CCC2CCC(C1)N2C. The van der Waals surface area contributed by atoms with Gasteiger partial charge in [-0.15, -0.1) is 0 Å². The van der Waals surface area contributed by atoms with E-state index in [1.807, 2.05) is 12.1 Å². The summed E-state index contributed by atoms with van der Waals surface area (Å²) in [6, 6.07) is 8.02. The lowest BCUT2D eigenvalue weighted by atomic mass is 10.1. The Bertz CT molecular complexity index is 617. The average Bonchev–Trinajstić information content (AvgIpc) is 2.71. The Morgan fingerprint density at radius 2 is 1.86 bits per heavy atom. The number of hydrogen-bond donors (Lipinski definition) is 1. The first kappa shape index (κ1) is 14.8. The molecule has 0 aromatic heterocycles. The number of sulfonamides is 1. The van der Waals surface area contributed by atoms with Crippen LogP contribution in [0, 0.1) is 0 Å². The van der Waals surface area contributed by atoms with Crippen molar-refractivity contribution in [1.29, 1.82) is 0 Å². The Morgan fingerprint density at radius 1 is 1.14 bits per heavy atom. The number of hydrogen-bond acceptors (Lipinski definition) is 4. The number of para-hydroxylation sites is 1. The third-order valence-electron chi connectivity index (χ3n) is 4.89. The molecule has 2 atom stereocenters. The summed E-state index contributed by atoms with van der Waals surface area (Å²) in [5.41, 5.74) is 0.667. The molecular formula is C15H23N3O2S. The fourth-order valence-corrected chi connectivity index (χ4v) is 5.22. The van der Waals surface area contributed by atoms with Crippen molar-refractivity contribution in [3.8, 4) is 0 Å². The third kappa shape index (κ3) is 2.56. The van der Waals surface area contributed by atoms with E-state index in [2.05, 4.69) is 17.3 Å². The van der Waals surface area contributed by atoms with E-state index in [9.17, 15) is 8.42 Å². The molecule has 2 aliphatic rings. The molecule has 1 aromatic carbocycles. The second kappa shape index (κ2) is 5.59. The van der Waals surface area contributed by atoms with Crippen molar-refractivity contribution in [1.82, 2.24) is 9.21 Å². The summed E-state index contributed by atoms with van der Waals surface area (Å²) < 4.78 is 27.6. The van der Waals surface area contributed by atoms with Gasteiger partial charge in [0.2, 0.25) is 10.0 Å². The molecule has 0 spiro atoms. The van der Waals surface area contributed by atoms with Crippen molar-refractivity contribution in [2.24, 2.45) is 0 Å². The first-order valence-electron chi connectivity index (χ1n) is 7.53. The molecule has 1 N–H and O–H groups in total. The number of anilines is 1. The Hall–Kier alpha value is -1.11. The topological polar surface area (TPSA) is 52.7 Å². The fourth-order valence-electron chi connectivity index (χ4n) is 3.53. The van der Waals surface area contributed by atoms with Crippen LogP contribution in [0.15, 0.2) is 29.2 Å². The van der Waals surface area contributed by atoms with Crippen LogP contribution in [0.2, 0.25) is 0 Å². The minimum atomic E-state index is -3.43. The second-order valence-electron chi connectivity index (χ2n) is 5.95. The standard InChI is InChI=1S/C15H23N3O2S/c1-16-14-5-3-4-6-15(14)21(19,20)18-10-9-12-7-8-13(11-18)17(12)2/h3-6,12-13,16H,7-11H2,1-2H3. The lowest BCUT2D eigenvalue weighted by Crippen LogP contribution is -2.39. The van der Waals surface area contributed by atoms with Gasteiger partial charge in [0, 0.05) is 32.2 Å². The Morgan fingerprint density at radius 3 is 2.62 bits per heavy atom. The maximum absolute atomic E-state index is 13.0. The van der Waals surface area contributed by atoms with Gasteiger partial charge < -0.3 is 5.32 Å². The molecule has 2 saturated heterocycles. The van der Waals surface area contributed by atoms with E-state index >= 15 is 0 Å². The van der Waals surface area contributed by atoms with Crippen molar-refractivity contribution in [2.75, 3.05) is 32.5 Å². The molecule has 1 aromatic rings. The van der Waals surface area contributed by atoms with Crippen LogP contribution in [0.1, 0.15) is 19.3 Å². The van der Waals surface area contributed by atoms with E-state index in [0.717, 1.165) is 12.8 Å². The summed E-state index contributed by atoms with van der Waals surface area (Å²) >= 11 is 0. The van der Waals surface area contributed by atoms with Gasteiger partial charge in [0.05, 0.1) is 5.69 Å². The summed E-state index contributed by atoms with van der Waals surface area (Å²) in [6.45, 7) is 1.22. The van der Waals surface area contributed by atoms with Crippen molar-refractivity contribution in [2.45, 2.75) is 36.2 Å². The lowest BCUT2D eigenvalue weighted by molar-refractivity contribution is 0.246. The highest BCUT2D eigenvalue weighted by Crippen LogP contribution is 2.32. The summed E-state index contributed by atoms with van der Waals surface area (Å²) in [5.74, 6) is 0. The zero-order valence-electron chi connectivity index (χ0n) is 12.6. The highest BCUT2D eigenvalue weighted by atomic mass is 32.2. The smallest absolute Gasteiger partial charge is 0.245 e. The molecule has 0 saturated carbocycles. The van der Waals surface area contributed by atoms with Gasteiger partial charge in [-0.25, -0.2) is 8.42 Å². The van der Waals surface area contributed by atoms with Gasteiger partial charge in [0.1, 0.15) is 4.90 Å². The predicted molar refractivity (Wildman–Crippen MR) is 83.9 cm³/mol. The van der Waals surface area contributed by atoms with Crippen LogP contribution in [0.25, 0.3) is 0 Å². The van der Waals surface area contributed by atoms with Gasteiger partial charge in [-0.2, -0.15) is 4.31 Å². The molecule has 0 amide bonds. The Labute approximate surface area is 127 Å². The number of likely N-dealkylation sites (N-methyl/N-ethyl adjacent to an activating group) is 1. The van der Waals surface area contributed by atoms with Gasteiger partial charge in [-0.1, -0.05) is 12.1 Å². The third-order valence-corrected chi connectivity index (χ3v) is 6.81. The van der Waals surface area contributed by atoms with Crippen molar-refractivity contribution in [3.63, 3.8) is 0 Å². The summed E-state index contributed by atoms with van der Waals surface area (Å²) in [5, 5.41) is 2.98. The Kier molecular flexibility index (Phi) is 3.94. The molecular weight excluding hydrogens is 286 g/mol. The van der Waals surface area contributed by atoms with Crippen LogP contribution in [0.3, 0.4) is 0 Å². The number of benzene rings is 1. The van der Waals surface area contributed by atoms with Gasteiger partial charge >= 0.3 is 0 Å². The molecule has 2 fully saturated rings. The Balaban J connectivity index is 1.92. The number of nitrogens with one attached hydrogen (secondary N) is 1. The molecule has 6 heteroatoms. The van der Waals surface area contributed by atoms with E-state index in [0.29, 0.717) is 35.8 Å². The predicted octanol–water partition coefficient (Wildman–Crippen LogP) is 1.59. The minimum absolute atomic E-state index is 0.356. The highest BCUT2D eigenvalue weighted by Gasteiger charge is 2.39. The van der Waals surface area contributed by atoms with Crippen LogP contribution in [0.5, 0.6) is 0 Å². The van der Waals surface area contributed by atoms with E-state index in [-0.39, 0.29) is 0 Å². The highest BCUT2D eigenvalue weighted by molar-refractivity contribution is 7.89. The van der Waals surface area contributed by atoms with E-state index in [4.69, 9.17) is 0 Å². The van der Waals surface area contributed by atoms with Crippen molar-refractivity contribution < 1.29 is 8.42 Å². The van der Waals surface area contributed by atoms with Crippen LogP contribution in [0.4, 0.5) is 5.69 Å². The number of nitrogens with zero attached hydrogens (tertiary/aromatic N) is 2. The molecule has 2 aliphatic heterocycles. The number of fused-ring (bicyclic) bond motifs is 2. The quantitative estimate of drug-likeness (QED) is 0.921. The van der Waals surface area contributed by atoms with E-state index < -0.39 is 10.0 Å². The zero-order chi connectivity index (χ0) is 15.0. The summed E-state index contributed by atoms with van der Waals surface area (Å²) in [4.78, 5) is 2.74. The molecule has 21 heavy (non-hydrogen) atoms. The maximum Gasteiger partial charge on any atom is 0.245 e. The monoisotopic (exact) mass is 309 g/mol. The first-order valence-corrected chi connectivity index (χ1v) is 8.97.